The molecule has 210 valence electrons. The van der Waals surface area contributed by atoms with Gasteiger partial charge in [-0.1, -0.05) is 145 Å². The van der Waals surface area contributed by atoms with Gasteiger partial charge in [-0.05, 0) is 84.7 Å². The lowest BCUT2D eigenvalue weighted by Crippen LogP contribution is -1.93. The molecule has 0 fully saturated rings. The van der Waals surface area contributed by atoms with Crippen molar-refractivity contribution < 1.29 is 19.5 Å². The molecule has 0 aliphatic carbocycles. The zero-order valence-electron chi connectivity index (χ0n) is 34.7. The van der Waals surface area contributed by atoms with Crippen LogP contribution in [0, 0.1) is 0 Å². The summed E-state index contributed by atoms with van der Waals surface area (Å²) >= 11 is 0. The molecule has 9 rings (SSSR count). The first kappa shape index (κ1) is 16.8. The molecule has 0 amide bonds. The van der Waals surface area contributed by atoms with E-state index in [9.17, 15) is 2.74 Å². The van der Waals surface area contributed by atoms with Crippen molar-refractivity contribution in [3.05, 3.63) is 170 Å². The molecule has 0 saturated heterocycles. The Morgan fingerprint density at radius 3 is 1.71 bits per heavy atom. The van der Waals surface area contributed by atoms with Crippen LogP contribution in [0.15, 0.2) is 174 Å². The average Bonchev–Trinajstić information content (AvgIpc) is 3.62. The van der Waals surface area contributed by atoms with Crippen molar-refractivity contribution in [1.29, 1.82) is 0 Å². The highest BCUT2D eigenvalue weighted by Gasteiger charge is 2.22. The van der Waals surface area contributed by atoms with E-state index in [1.54, 1.807) is 12.1 Å². The molecule has 0 atom stereocenters. The highest BCUT2D eigenvalue weighted by atomic mass is 16.3. The standard InChI is InChI=1S/C44H28O/c1-3-14-29(15-4-1)31-18-13-19-32(28-31)41-33-20-7-9-22-35(33)43(36-23-10-8-21-34(36)41)38-26-27-40-44(37-24-11-12-25-39(37)45-40)42(38)30-16-5-2-6-17-30/h1-28H/i1D,3D,4D,11D,12D,14D,15D,24D,25D,26D,27D. The maximum atomic E-state index is 9.66. The van der Waals surface area contributed by atoms with E-state index in [4.69, 9.17) is 16.8 Å². The second-order valence-corrected chi connectivity index (χ2v) is 10.8. The van der Waals surface area contributed by atoms with Crippen molar-refractivity contribution >= 4 is 43.5 Å². The van der Waals surface area contributed by atoms with Crippen LogP contribution in [-0.4, -0.2) is 0 Å². The van der Waals surface area contributed by atoms with Gasteiger partial charge in [0.1, 0.15) is 11.2 Å². The third-order valence-electron chi connectivity index (χ3n) is 8.32. The summed E-state index contributed by atoms with van der Waals surface area (Å²) in [6, 6.07) is 28.1. The number of furan rings is 1. The smallest absolute Gasteiger partial charge is 0.136 e. The van der Waals surface area contributed by atoms with E-state index in [-0.39, 0.29) is 58.4 Å². The van der Waals surface area contributed by atoms with Crippen molar-refractivity contribution in [3.63, 3.8) is 0 Å². The molecule has 0 bridgehead atoms. The van der Waals surface area contributed by atoms with Gasteiger partial charge in [-0.25, -0.2) is 0 Å². The minimum absolute atomic E-state index is 0.00528. The van der Waals surface area contributed by atoms with Gasteiger partial charge in [0.2, 0.25) is 0 Å². The summed E-state index contributed by atoms with van der Waals surface area (Å²) < 4.78 is 102. The Bertz CT molecular complexity index is 3070. The quantitative estimate of drug-likeness (QED) is 0.188. The molecule has 1 aromatic heterocycles. The van der Waals surface area contributed by atoms with Gasteiger partial charge in [0.15, 0.2) is 0 Å². The van der Waals surface area contributed by atoms with Gasteiger partial charge in [0.05, 0.1) is 15.1 Å². The van der Waals surface area contributed by atoms with Crippen LogP contribution in [0.3, 0.4) is 0 Å². The Hall–Kier alpha value is -5.92. The fourth-order valence-corrected chi connectivity index (χ4v) is 6.47. The zero-order chi connectivity index (χ0) is 39.3. The molecule has 9 aromatic rings. The summed E-state index contributed by atoms with van der Waals surface area (Å²) in [6.07, 6.45) is 0. The lowest BCUT2D eigenvalue weighted by Gasteiger charge is -2.20. The number of benzene rings is 8. The normalized spacial score (nSPS) is 15.0. The Labute approximate surface area is 277 Å². The first-order valence-corrected chi connectivity index (χ1v) is 14.5. The zero-order valence-corrected chi connectivity index (χ0v) is 23.7. The number of para-hydroxylation sites is 1. The number of hydrogen-bond donors (Lipinski definition) is 0. The third kappa shape index (κ3) is 4.09. The van der Waals surface area contributed by atoms with Crippen LogP contribution in [0.5, 0.6) is 0 Å². The molecule has 0 spiro atoms. The van der Waals surface area contributed by atoms with E-state index in [1.165, 1.54) is 0 Å². The third-order valence-corrected chi connectivity index (χ3v) is 8.32. The lowest BCUT2D eigenvalue weighted by atomic mass is 9.82. The largest absolute Gasteiger partial charge is 0.456 e. The average molecular weight is 584 g/mol. The molecule has 0 unspecified atom stereocenters. The molecule has 0 radical (unpaired) electrons. The van der Waals surface area contributed by atoms with Gasteiger partial charge >= 0.3 is 0 Å². The van der Waals surface area contributed by atoms with Gasteiger partial charge in [0.25, 0.3) is 0 Å². The molecule has 1 heterocycles. The predicted molar refractivity (Wildman–Crippen MR) is 190 cm³/mol. The second-order valence-electron chi connectivity index (χ2n) is 10.8. The fourth-order valence-electron chi connectivity index (χ4n) is 6.47. The van der Waals surface area contributed by atoms with Crippen LogP contribution in [0.2, 0.25) is 0 Å². The van der Waals surface area contributed by atoms with E-state index in [0.29, 0.717) is 33.2 Å². The van der Waals surface area contributed by atoms with Crippen molar-refractivity contribution in [3.8, 4) is 44.5 Å². The SMILES string of the molecule is [2H]c1c([2H])c([2H])c(-c2cccc(-c3c4ccccc4c(-c4c([2H])c([2H])c5oc6c([2H])c([2H])c([2H])c([2H])c6c5c4-c4ccccc4)c4ccccc34)c2)c([2H])c1[2H]. The molecular formula is C44H28O. The van der Waals surface area contributed by atoms with Gasteiger partial charge in [0, 0.05) is 16.3 Å². The van der Waals surface area contributed by atoms with Crippen molar-refractivity contribution in [1.82, 2.24) is 0 Å². The summed E-state index contributed by atoms with van der Waals surface area (Å²) in [5, 5.41) is 3.53. The number of fused-ring (bicyclic) bond motifs is 5. The van der Waals surface area contributed by atoms with Crippen LogP contribution >= 0.6 is 0 Å². The minimum atomic E-state index is -0.464. The van der Waals surface area contributed by atoms with Crippen LogP contribution in [-0.2, 0) is 0 Å². The summed E-state index contributed by atoms with van der Waals surface area (Å²) in [5.74, 6) is 0. The summed E-state index contributed by atoms with van der Waals surface area (Å²) in [4.78, 5) is 0. The topological polar surface area (TPSA) is 13.1 Å². The van der Waals surface area contributed by atoms with Gasteiger partial charge < -0.3 is 4.42 Å². The summed E-state index contributed by atoms with van der Waals surface area (Å²) in [7, 11) is 0. The summed E-state index contributed by atoms with van der Waals surface area (Å²) in [6.45, 7) is 0. The van der Waals surface area contributed by atoms with Crippen LogP contribution < -0.4 is 0 Å². The number of hydrogen-bond acceptors (Lipinski definition) is 1. The second kappa shape index (κ2) is 10.4. The van der Waals surface area contributed by atoms with E-state index < -0.39 is 30.2 Å². The first-order valence-electron chi connectivity index (χ1n) is 20.0. The first-order chi connectivity index (χ1) is 26.9. The number of rotatable bonds is 4. The van der Waals surface area contributed by atoms with Crippen molar-refractivity contribution in [2.24, 2.45) is 0 Å². The molecular weight excluding hydrogens is 544 g/mol. The highest BCUT2D eigenvalue weighted by Crippen LogP contribution is 2.49. The Morgan fingerprint density at radius 1 is 0.378 bits per heavy atom. The van der Waals surface area contributed by atoms with Crippen LogP contribution in [0.4, 0.5) is 0 Å². The maximum absolute atomic E-state index is 9.66. The van der Waals surface area contributed by atoms with E-state index in [1.807, 2.05) is 91.0 Å². The van der Waals surface area contributed by atoms with Gasteiger partial charge in [-0.15, -0.1) is 0 Å². The molecule has 0 N–H and O–H groups in total. The maximum Gasteiger partial charge on any atom is 0.136 e. The molecule has 0 aliphatic rings. The van der Waals surface area contributed by atoms with Gasteiger partial charge in [-0.3, -0.25) is 0 Å². The summed E-state index contributed by atoms with van der Waals surface area (Å²) in [5.41, 5.74) is 4.22. The minimum Gasteiger partial charge on any atom is -0.456 e. The van der Waals surface area contributed by atoms with Gasteiger partial charge in [-0.2, -0.15) is 0 Å². The van der Waals surface area contributed by atoms with E-state index in [2.05, 4.69) is 0 Å². The molecule has 1 heteroatoms. The van der Waals surface area contributed by atoms with Crippen molar-refractivity contribution in [2.75, 3.05) is 0 Å². The van der Waals surface area contributed by atoms with E-state index >= 15 is 0 Å². The molecule has 0 saturated carbocycles. The highest BCUT2D eigenvalue weighted by molar-refractivity contribution is 6.25. The Morgan fingerprint density at radius 2 is 0.978 bits per heavy atom. The predicted octanol–water partition coefficient (Wildman–Crippen LogP) is 12.6. The van der Waals surface area contributed by atoms with Crippen LogP contribution in [0.1, 0.15) is 15.1 Å². The van der Waals surface area contributed by atoms with Crippen LogP contribution in [0.25, 0.3) is 88.0 Å². The monoisotopic (exact) mass is 583 g/mol. The molecule has 0 aliphatic heterocycles. The lowest BCUT2D eigenvalue weighted by molar-refractivity contribution is 0.669. The fraction of sp³-hybridized carbons (Fsp3) is 0. The molecule has 45 heavy (non-hydrogen) atoms. The Kier molecular flexibility index (Phi) is 3.87. The molecule has 1 nitrogen and oxygen atoms in total. The van der Waals surface area contributed by atoms with E-state index in [0.717, 1.165) is 32.7 Å². The Balaban J connectivity index is 1.44. The molecule has 8 aromatic carbocycles. The van der Waals surface area contributed by atoms with Crippen molar-refractivity contribution in [2.45, 2.75) is 0 Å².